The van der Waals surface area contributed by atoms with Gasteiger partial charge >= 0.3 is 0 Å². The highest BCUT2D eigenvalue weighted by Gasteiger charge is 2.13. The van der Waals surface area contributed by atoms with Crippen LogP contribution in [0.2, 0.25) is 0 Å². The molecule has 1 aliphatic rings. The Labute approximate surface area is 73.6 Å². The topological polar surface area (TPSA) is 52.9 Å². The maximum absolute atomic E-state index is 10.2. The minimum atomic E-state index is 0.0231. The fraction of sp³-hybridized carbons (Fsp3) is 0.250. The van der Waals surface area contributed by atoms with Gasteiger partial charge in [-0.15, -0.1) is 0 Å². The van der Waals surface area contributed by atoms with E-state index in [9.17, 15) is 4.79 Å². The van der Waals surface area contributed by atoms with Crippen LogP contribution >= 0.6 is 36.6 Å². The van der Waals surface area contributed by atoms with Gasteiger partial charge in [-0.2, -0.15) is 5.26 Å². The van der Waals surface area contributed by atoms with Crippen LogP contribution in [0, 0.1) is 10.7 Å². The molecule has 1 fully saturated rings. The van der Waals surface area contributed by atoms with E-state index in [4.69, 9.17) is 5.26 Å². The predicted octanol–water partition coefficient (Wildman–Crippen LogP) is 0.532. The Hall–Kier alpha value is -0.250. The van der Waals surface area contributed by atoms with Crippen LogP contribution in [0.5, 0.6) is 0 Å². The van der Waals surface area contributed by atoms with Gasteiger partial charge < -0.3 is 5.32 Å². The van der Waals surface area contributed by atoms with Gasteiger partial charge in [-0.05, 0) is 0 Å². The van der Waals surface area contributed by atoms with Crippen molar-refractivity contribution in [3.63, 3.8) is 0 Å². The van der Waals surface area contributed by atoms with Gasteiger partial charge in [0.2, 0.25) is 5.91 Å². The summed E-state index contributed by atoms with van der Waals surface area (Å²) in [6, 6.07) is 0. The first kappa shape index (κ1) is 9.75. The molecule has 1 saturated heterocycles. The van der Waals surface area contributed by atoms with E-state index in [1.54, 1.807) is 0 Å². The zero-order chi connectivity index (χ0) is 7.98. The molecule has 1 N–H and O–H groups in total. The second-order valence-electron chi connectivity index (χ2n) is 1.22. The molecule has 0 unspecified atom stereocenters. The lowest BCUT2D eigenvalue weighted by molar-refractivity contribution is -0.116. The van der Waals surface area contributed by atoms with Gasteiger partial charge in [0.1, 0.15) is 9.72 Å². The summed E-state index contributed by atoms with van der Waals surface area (Å²) in [6.45, 7) is 0. The molecule has 6 heteroatoms. The molecule has 3 nitrogen and oxygen atoms in total. The van der Waals surface area contributed by atoms with Crippen molar-refractivity contribution in [1.82, 2.24) is 5.32 Å². The number of hydrogen-bond acceptors (Lipinski definition) is 5. The first-order valence-corrected chi connectivity index (χ1v) is 4.04. The Kier molecular flexibility index (Phi) is 5.39. The van der Waals surface area contributed by atoms with Gasteiger partial charge in [-0.3, -0.25) is 4.79 Å². The Morgan fingerprint density at radius 2 is 2.40 bits per heavy atom. The van der Waals surface area contributed by atoms with E-state index in [2.05, 4.69) is 30.2 Å². The normalized spacial score (nSPS) is 14.8. The number of carbonyl (C=O) groups excluding carboxylic acids is 1. The Balaban J connectivity index is 0.000000236. The van der Waals surface area contributed by atoms with Crippen LogP contribution in [-0.4, -0.2) is 16.0 Å². The van der Waals surface area contributed by atoms with Crippen LogP contribution in [0.15, 0.2) is 0 Å². The van der Waals surface area contributed by atoms with Crippen molar-refractivity contribution >= 4 is 46.8 Å². The molecule has 0 saturated carbocycles. The summed E-state index contributed by atoms with van der Waals surface area (Å²) in [5.41, 5.74) is 0. The zero-order valence-electron chi connectivity index (χ0n) is 4.83. The quantitative estimate of drug-likeness (QED) is 0.334. The molecule has 1 heterocycles. The second kappa shape index (κ2) is 5.53. The van der Waals surface area contributed by atoms with E-state index >= 15 is 0 Å². The number of amides is 1. The average molecular weight is 192 g/mol. The molecule has 0 aromatic heterocycles. The number of nitrogens with zero attached hydrogens (tertiary/aromatic N) is 1. The van der Waals surface area contributed by atoms with E-state index in [0.29, 0.717) is 10.1 Å². The maximum atomic E-state index is 10.2. The smallest absolute Gasteiger partial charge is 0.235 e. The van der Waals surface area contributed by atoms with E-state index in [-0.39, 0.29) is 5.91 Å². The van der Waals surface area contributed by atoms with Crippen LogP contribution in [0.1, 0.15) is 0 Å². The number of rotatable bonds is 0. The highest BCUT2D eigenvalue weighted by molar-refractivity contribution is 8.24. The van der Waals surface area contributed by atoms with Gasteiger partial charge in [0.25, 0.3) is 0 Å². The monoisotopic (exact) mass is 192 g/mol. The van der Waals surface area contributed by atoms with Crippen LogP contribution in [0.4, 0.5) is 0 Å². The summed E-state index contributed by atoms with van der Waals surface area (Å²) < 4.78 is 0.602. The van der Waals surface area contributed by atoms with Crippen molar-refractivity contribution in [2.24, 2.45) is 0 Å². The highest BCUT2D eigenvalue weighted by Crippen LogP contribution is 2.06. The van der Waals surface area contributed by atoms with Gasteiger partial charge in [0.15, 0.2) is 0 Å². The van der Waals surface area contributed by atoms with Crippen LogP contribution in [-0.2, 0) is 4.79 Å². The Morgan fingerprint density at radius 3 is 2.50 bits per heavy atom. The largest absolute Gasteiger partial charge is 0.311 e. The molecule has 0 spiro atoms. The molecule has 0 radical (unpaired) electrons. The summed E-state index contributed by atoms with van der Waals surface area (Å²) in [6.07, 6.45) is 0. The van der Waals surface area contributed by atoms with Gasteiger partial charge in [0.05, 0.1) is 5.75 Å². The second-order valence-corrected chi connectivity index (χ2v) is 3.08. The van der Waals surface area contributed by atoms with Gasteiger partial charge in [0, 0.05) is 0 Å². The third-order valence-electron chi connectivity index (χ3n) is 0.576. The lowest BCUT2D eigenvalue weighted by Gasteiger charge is -1.81. The Bertz CT molecular complexity index is 171. The van der Waals surface area contributed by atoms with Crippen molar-refractivity contribution in [3.05, 3.63) is 0 Å². The third-order valence-corrected chi connectivity index (χ3v) is 1.80. The number of thiol groups is 1. The molecule has 10 heavy (non-hydrogen) atoms. The predicted molar refractivity (Wildman–Crippen MR) is 47.8 cm³/mol. The number of thiocarbonyl (C=S) groups is 1. The van der Waals surface area contributed by atoms with E-state index in [0.717, 1.165) is 0 Å². The first-order chi connectivity index (χ1) is 4.70. The summed E-state index contributed by atoms with van der Waals surface area (Å²) in [5.74, 6) is 0.522. The summed E-state index contributed by atoms with van der Waals surface area (Å²) in [7, 11) is 0. The summed E-state index contributed by atoms with van der Waals surface area (Å²) >= 11 is 9.10. The standard InChI is InChI=1S/C3H3NOS2.CHNS/c5-2-1-7-3(6)4-2;2-1-3/h1H2,(H,4,5,6);3H. The van der Waals surface area contributed by atoms with Crippen LogP contribution in [0.3, 0.4) is 0 Å². The molecule has 0 bridgehead atoms. The Morgan fingerprint density at radius 1 is 1.90 bits per heavy atom. The molecular weight excluding hydrogens is 188 g/mol. The molecule has 1 amide bonds. The molecule has 1 aliphatic heterocycles. The fourth-order valence-electron chi connectivity index (χ4n) is 0.317. The van der Waals surface area contributed by atoms with Crippen molar-refractivity contribution < 1.29 is 4.79 Å². The minimum absolute atomic E-state index is 0.0231. The van der Waals surface area contributed by atoms with E-state index in [1.165, 1.54) is 17.2 Å². The third kappa shape index (κ3) is 4.61. The molecular formula is C4H4N2OS3. The van der Waals surface area contributed by atoms with Crippen molar-refractivity contribution in [3.8, 4) is 5.40 Å². The zero-order valence-corrected chi connectivity index (χ0v) is 7.35. The number of thiocyanates is 1. The molecule has 0 aliphatic carbocycles. The molecule has 54 valence electrons. The lowest BCUT2D eigenvalue weighted by Crippen LogP contribution is -2.18. The molecule has 0 aromatic rings. The number of nitrogens with one attached hydrogen (secondary N) is 1. The summed E-state index contributed by atoms with van der Waals surface area (Å²) in [5, 5.41) is 11.1. The van der Waals surface area contributed by atoms with Gasteiger partial charge in [-0.1, -0.05) is 36.6 Å². The van der Waals surface area contributed by atoms with Crippen molar-refractivity contribution in [2.75, 3.05) is 5.75 Å². The number of nitriles is 1. The average Bonchev–Trinajstić information content (AvgIpc) is 2.17. The van der Waals surface area contributed by atoms with E-state index < -0.39 is 0 Å². The summed E-state index contributed by atoms with van der Waals surface area (Å²) in [4.78, 5) is 10.2. The minimum Gasteiger partial charge on any atom is -0.311 e. The molecule has 0 aromatic carbocycles. The molecule has 0 atom stereocenters. The highest BCUT2D eigenvalue weighted by atomic mass is 32.2. The van der Waals surface area contributed by atoms with Crippen LogP contribution in [0.25, 0.3) is 0 Å². The van der Waals surface area contributed by atoms with Gasteiger partial charge in [-0.25, -0.2) is 0 Å². The first-order valence-electron chi connectivity index (χ1n) is 2.20. The fourth-order valence-corrected chi connectivity index (χ4v) is 1.13. The number of thioether (sulfide) groups is 1. The number of hydrogen-bond donors (Lipinski definition) is 2. The van der Waals surface area contributed by atoms with Crippen molar-refractivity contribution in [2.45, 2.75) is 0 Å². The van der Waals surface area contributed by atoms with E-state index in [1.807, 2.05) is 0 Å². The van der Waals surface area contributed by atoms with Crippen molar-refractivity contribution in [1.29, 1.82) is 5.26 Å². The lowest BCUT2D eigenvalue weighted by atomic mass is 10.7. The molecule has 1 rings (SSSR count). The SMILES string of the molecule is N#CS.O=C1CSC(=S)N1. The number of carbonyl (C=O) groups is 1. The maximum Gasteiger partial charge on any atom is 0.235 e. The van der Waals surface area contributed by atoms with Crippen LogP contribution < -0.4 is 5.32 Å².